The molecule has 0 bridgehead atoms. The molecule has 2 unspecified atom stereocenters. The van der Waals surface area contributed by atoms with Crippen molar-refractivity contribution in [2.45, 2.75) is 6.23 Å². The summed E-state index contributed by atoms with van der Waals surface area (Å²) in [4.78, 5) is 0. The third-order valence-electron chi connectivity index (χ3n) is 2.02. The number of nitrogens with one attached hydrogen (secondary N) is 3. The number of hydrazine groups is 1. The number of ether oxygens (including phenoxy) is 1. The van der Waals surface area contributed by atoms with Crippen LogP contribution in [0.1, 0.15) is 0 Å². The average Bonchev–Trinajstić information content (AvgIpc) is 2.28. The van der Waals surface area contributed by atoms with Gasteiger partial charge in [-0.3, -0.25) is 5.43 Å². The largest absolute Gasteiger partial charge is 0.360 e. The summed E-state index contributed by atoms with van der Waals surface area (Å²) in [5.41, 5.74) is 6.16. The molecular weight excluding hydrogens is 130 g/mol. The Morgan fingerprint density at radius 1 is 1.30 bits per heavy atom. The number of hydrogen-bond donors (Lipinski definition) is 3. The zero-order valence-electron chi connectivity index (χ0n) is 5.89. The van der Waals surface area contributed by atoms with E-state index in [1.54, 1.807) is 0 Å². The van der Waals surface area contributed by atoms with Gasteiger partial charge in [0.25, 0.3) is 0 Å². The van der Waals surface area contributed by atoms with Gasteiger partial charge in [-0.15, -0.1) is 0 Å². The Labute approximate surface area is 60.3 Å². The van der Waals surface area contributed by atoms with E-state index >= 15 is 0 Å². The van der Waals surface area contributed by atoms with Crippen molar-refractivity contribution in [3.8, 4) is 0 Å². The Morgan fingerprint density at radius 3 is 3.30 bits per heavy atom. The highest BCUT2D eigenvalue weighted by Crippen LogP contribution is 2.09. The second-order valence-corrected chi connectivity index (χ2v) is 2.78. The van der Waals surface area contributed by atoms with Crippen LogP contribution < -0.4 is 16.2 Å². The van der Waals surface area contributed by atoms with Crippen molar-refractivity contribution in [2.75, 3.05) is 26.2 Å². The number of hydrogen-bond acceptors (Lipinski definition) is 4. The lowest BCUT2D eigenvalue weighted by atomic mass is 10.1. The highest BCUT2D eigenvalue weighted by molar-refractivity contribution is 4.79. The van der Waals surface area contributed by atoms with E-state index in [4.69, 9.17) is 4.74 Å². The van der Waals surface area contributed by atoms with E-state index in [0.717, 1.165) is 26.2 Å². The van der Waals surface area contributed by atoms with Gasteiger partial charge in [0, 0.05) is 25.6 Å². The van der Waals surface area contributed by atoms with Crippen LogP contribution in [0.15, 0.2) is 0 Å². The summed E-state index contributed by atoms with van der Waals surface area (Å²) in [6.45, 7) is 3.87. The van der Waals surface area contributed by atoms with Crippen molar-refractivity contribution in [3.63, 3.8) is 0 Å². The van der Waals surface area contributed by atoms with E-state index in [1.165, 1.54) is 0 Å². The normalized spacial score (nSPS) is 40.8. The summed E-state index contributed by atoms with van der Waals surface area (Å²) in [5.74, 6) is 0.600. The van der Waals surface area contributed by atoms with E-state index in [1.807, 2.05) is 0 Å². The molecule has 0 aromatic heterocycles. The van der Waals surface area contributed by atoms with Gasteiger partial charge in [-0.25, -0.2) is 5.43 Å². The number of rotatable bonds is 0. The van der Waals surface area contributed by atoms with Crippen LogP contribution in [-0.2, 0) is 4.74 Å². The van der Waals surface area contributed by atoms with Crippen LogP contribution in [0.4, 0.5) is 0 Å². The van der Waals surface area contributed by atoms with Crippen LogP contribution in [0.2, 0.25) is 0 Å². The van der Waals surface area contributed by atoms with Crippen LogP contribution in [0, 0.1) is 5.92 Å². The molecule has 2 fully saturated rings. The fourth-order valence-corrected chi connectivity index (χ4v) is 1.42. The first-order chi connectivity index (χ1) is 4.97. The Hall–Kier alpha value is -0.160. The van der Waals surface area contributed by atoms with Crippen LogP contribution in [-0.4, -0.2) is 32.5 Å². The minimum atomic E-state index is 0.231. The van der Waals surface area contributed by atoms with E-state index in [0.29, 0.717) is 5.92 Å². The minimum Gasteiger partial charge on any atom is -0.360 e. The SMILES string of the molecule is C1COC2NNCC2CN1. The first kappa shape index (κ1) is 6.54. The Morgan fingerprint density at radius 2 is 2.30 bits per heavy atom. The van der Waals surface area contributed by atoms with Gasteiger partial charge in [0.2, 0.25) is 0 Å². The summed E-state index contributed by atoms with van der Waals surface area (Å²) < 4.78 is 5.49. The fourth-order valence-electron chi connectivity index (χ4n) is 1.42. The molecule has 4 heteroatoms. The first-order valence-corrected chi connectivity index (χ1v) is 3.77. The van der Waals surface area contributed by atoms with Crippen molar-refractivity contribution < 1.29 is 4.74 Å². The molecule has 58 valence electrons. The second-order valence-electron chi connectivity index (χ2n) is 2.78. The van der Waals surface area contributed by atoms with Crippen molar-refractivity contribution in [3.05, 3.63) is 0 Å². The third-order valence-corrected chi connectivity index (χ3v) is 2.02. The molecule has 2 heterocycles. The first-order valence-electron chi connectivity index (χ1n) is 3.77. The molecule has 2 saturated heterocycles. The molecule has 0 radical (unpaired) electrons. The zero-order chi connectivity index (χ0) is 6.81. The summed E-state index contributed by atoms with van der Waals surface area (Å²) >= 11 is 0. The molecule has 0 aromatic rings. The molecular formula is C6H13N3O. The van der Waals surface area contributed by atoms with Gasteiger partial charge < -0.3 is 10.1 Å². The smallest absolute Gasteiger partial charge is 0.125 e. The highest BCUT2D eigenvalue weighted by atomic mass is 16.5. The topological polar surface area (TPSA) is 45.3 Å². The summed E-state index contributed by atoms with van der Waals surface area (Å²) in [5, 5.41) is 3.31. The van der Waals surface area contributed by atoms with E-state index in [9.17, 15) is 0 Å². The summed E-state index contributed by atoms with van der Waals surface area (Å²) in [6.07, 6.45) is 0.231. The maximum absolute atomic E-state index is 5.49. The van der Waals surface area contributed by atoms with Gasteiger partial charge in [0.15, 0.2) is 0 Å². The van der Waals surface area contributed by atoms with Gasteiger partial charge >= 0.3 is 0 Å². The predicted molar refractivity (Wildman–Crippen MR) is 37.2 cm³/mol. The molecule has 0 saturated carbocycles. The zero-order valence-corrected chi connectivity index (χ0v) is 5.89. The van der Waals surface area contributed by atoms with Crippen molar-refractivity contribution in [1.82, 2.24) is 16.2 Å². The molecule has 2 atom stereocenters. The van der Waals surface area contributed by atoms with E-state index in [-0.39, 0.29) is 6.23 Å². The van der Waals surface area contributed by atoms with E-state index < -0.39 is 0 Å². The lowest BCUT2D eigenvalue weighted by Gasteiger charge is -2.13. The van der Waals surface area contributed by atoms with Gasteiger partial charge in [-0.05, 0) is 0 Å². The second kappa shape index (κ2) is 2.84. The molecule has 10 heavy (non-hydrogen) atoms. The molecule has 0 aromatic carbocycles. The minimum absolute atomic E-state index is 0.231. The van der Waals surface area contributed by atoms with Crippen LogP contribution in [0.5, 0.6) is 0 Å². The fraction of sp³-hybridized carbons (Fsp3) is 1.00. The third kappa shape index (κ3) is 1.15. The van der Waals surface area contributed by atoms with Crippen molar-refractivity contribution in [1.29, 1.82) is 0 Å². The molecule has 2 aliphatic rings. The Kier molecular flexibility index (Phi) is 1.86. The van der Waals surface area contributed by atoms with Crippen LogP contribution in [0.3, 0.4) is 0 Å². The van der Waals surface area contributed by atoms with Crippen LogP contribution >= 0.6 is 0 Å². The van der Waals surface area contributed by atoms with Gasteiger partial charge in [-0.2, -0.15) is 0 Å². The van der Waals surface area contributed by atoms with Crippen molar-refractivity contribution in [2.24, 2.45) is 5.92 Å². The Balaban J connectivity index is 1.95. The molecule has 0 amide bonds. The summed E-state index contributed by atoms with van der Waals surface area (Å²) in [7, 11) is 0. The monoisotopic (exact) mass is 143 g/mol. The molecule has 4 nitrogen and oxygen atoms in total. The maximum Gasteiger partial charge on any atom is 0.125 e. The molecule has 0 aliphatic carbocycles. The van der Waals surface area contributed by atoms with Crippen molar-refractivity contribution >= 4 is 0 Å². The molecule has 2 rings (SSSR count). The predicted octanol–water partition coefficient (Wildman–Crippen LogP) is -1.34. The van der Waals surface area contributed by atoms with Gasteiger partial charge in [0.05, 0.1) is 6.61 Å². The summed E-state index contributed by atoms with van der Waals surface area (Å²) in [6, 6.07) is 0. The van der Waals surface area contributed by atoms with Gasteiger partial charge in [-0.1, -0.05) is 0 Å². The van der Waals surface area contributed by atoms with Crippen LogP contribution in [0.25, 0.3) is 0 Å². The number of fused-ring (bicyclic) bond motifs is 1. The van der Waals surface area contributed by atoms with E-state index in [2.05, 4.69) is 16.2 Å². The lowest BCUT2D eigenvalue weighted by molar-refractivity contribution is 0.0305. The average molecular weight is 143 g/mol. The Bertz CT molecular complexity index is 108. The highest BCUT2D eigenvalue weighted by Gasteiger charge is 2.28. The lowest BCUT2D eigenvalue weighted by Crippen LogP contribution is -2.34. The maximum atomic E-state index is 5.49. The standard InChI is InChI=1S/C6H13N3O/c1-2-10-6-5(3-7-1)4-8-9-6/h5-9H,1-4H2. The quantitative estimate of drug-likeness (QED) is 0.392. The molecule has 3 N–H and O–H groups in total. The molecule has 0 spiro atoms. The molecule has 2 aliphatic heterocycles. The van der Waals surface area contributed by atoms with Gasteiger partial charge in [0.1, 0.15) is 6.23 Å².